The molecule has 2 rings (SSSR count). The van der Waals surface area contributed by atoms with E-state index in [1.165, 1.54) is 4.57 Å². The number of pyridine rings is 1. The van der Waals surface area contributed by atoms with Crippen LogP contribution < -0.4 is 5.56 Å². The minimum absolute atomic E-state index is 0.00361. The van der Waals surface area contributed by atoms with E-state index in [9.17, 15) is 9.59 Å². The van der Waals surface area contributed by atoms with Crippen LogP contribution in [0.15, 0.2) is 23.1 Å². The summed E-state index contributed by atoms with van der Waals surface area (Å²) in [5.41, 5.74) is 0.884. The van der Waals surface area contributed by atoms with Gasteiger partial charge >= 0.3 is 0 Å². The molecule has 1 aliphatic rings. The molecule has 1 amide bonds. The van der Waals surface area contributed by atoms with E-state index in [1.807, 2.05) is 17.9 Å². The molecule has 16 heavy (non-hydrogen) atoms. The number of likely N-dealkylation sites (tertiary alicyclic amines) is 1. The lowest BCUT2D eigenvalue weighted by Crippen LogP contribution is -2.29. The molecule has 1 fully saturated rings. The molecule has 0 bridgehead atoms. The highest BCUT2D eigenvalue weighted by atomic mass is 16.2. The molecule has 0 N–H and O–H groups in total. The quantitative estimate of drug-likeness (QED) is 0.748. The Hall–Kier alpha value is -1.58. The Kier molecular flexibility index (Phi) is 2.81. The zero-order valence-electron chi connectivity index (χ0n) is 9.64. The Balaban J connectivity index is 2.26. The summed E-state index contributed by atoms with van der Waals surface area (Å²) in [7, 11) is 1.72. The molecular formula is C12H16N2O2. The maximum absolute atomic E-state index is 11.6. The van der Waals surface area contributed by atoms with Gasteiger partial charge in [-0.1, -0.05) is 0 Å². The largest absolute Gasteiger partial charge is 0.336 e. The molecule has 1 saturated heterocycles. The van der Waals surface area contributed by atoms with E-state index < -0.39 is 0 Å². The summed E-state index contributed by atoms with van der Waals surface area (Å²) in [6.07, 6.45) is 3.30. The lowest BCUT2D eigenvalue weighted by Gasteiger charge is -2.24. The first-order valence-corrected chi connectivity index (χ1v) is 5.55. The molecule has 0 aromatic carbocycles. The first-order chi connectivity index (χ1) is 7.59. The van der Waals surface area contributed by atoms with Crippen molar-refractivity contribution in [1.82, 2.24) is 9.47 Å². The third kappa shape index (κ3) is 1.87. The van der Waals surface area contributed by atoms with E-state index in [-0.39, 0.29) is 17.5 Å². The van der Waals surface area contributed by atoms with Gasteiger partial charge in [-0.15, -0.1) is 0 Å². The maximum Gasteiger partial charge on any atom is 0.250 e. The van der Waals surface area contributed by atoms with Crippen molar-refractivity contribution >= 4 is 5.91 Å². The number of aryl methyl sites for hydroxylation is 1. The number of aromatic nitrogens is 1. The molecule has 1 aromatic rings. The van der Waals surface area contributed by atoms with Gasteiger partial charge in [0.1, 0.15) is 0 Å². The number of nitrogens with zero attached hydrogens (tertiary/aromatic N) is 2. The van der Waals surface area contributed by atoms with Crippen LogP contribution in [0.4, 0.5) is 0 Å². The highest BCUT2D eigenvalue weighted by Crippen LogP contribution is 2.24. The summed E-state index contributed by atoms with van der Waals surface area (Å²) in [5.74, 6) is 0.188. The predicted molar refractivity (Wildman–Crippen MR) is 61.0 cm³/mol. The van der Waals surface area contributed by atoms with Gasteiger partial charge in [0.15, 0.2) is 0 Å². The van der Waals surface area contributed by atoms with Crippen molar-refractivity contribution in [3.05, 3.63) is 34.2 Å². The molecule has 1 atom stereocenters. The van der Waals surface area contributed by atoms with Crippen LogP contribution in [0.25, 0.3) is 0 Å². The van der Waals surface area contributed by atoms with E-state index in [4.69, 9.17) is 0 Å². The third-order valence-corrected chi connectivity index (χ3v) is 3.19. The van der Waals surface area contributed by atoms with Crippen molar-refractivity contribution in [2.45, 2.75) is 25.8 Å². The molecule has 1 unspecified atom stereocenters. The summed E-state index contributed by atoms with van der Waals surface area (Å²) >= 11 is 0. The van der Waals surface area contributed by atoms with E-state index in [1.54, 1.807) is 19.3 Å². The van der Waals surface area contributed by atoms with Crippen molar-refractivity contribution in [3.63, 3.8) is 0 Å². The minimum atomic E-state index is -0.0315. The topological polar surface area (TPSA) is 42.3 Å². The number of rotatable bonds is 2. The molecule has 0 spiro atoms. The van der Waals surface area contributed by atoms with Gasteiger partial charge in [0.25, 0.3) is 5.56 Å². The average molecular weight is 220 g/mol. The molecule has 0 radical (unpaired) electrons. The average Bonchev–Trinajstić information content (AvgIpc) is 2.67. The van der Waals surface area contributed by atoms with Crippen molar-refractivity contribution in [2.24, 2.45) is 7.05 Å². The SMILES string of the molecule is CC(c1ccn(C)c(=O)c1)N1CCCC1=O. The van der Waals surface area contributed by atoms with E-state index in [0.717, 1.165) is 18.5 Å². The Labute approximate surface area is 94.5 Å². The van der Waals surface area contributed by atoms with Crippen LogP contribution in [0, 0.1) is 0 Å². The zero-order chi connectivity index (χ0) is 11.7. The summed E-state index contributed by atoms with van der Waals surface area (Å²) in [5, 5.41) is 0. The number of hydrogen-bond donors (Lipinski definition) is 0. The highest BCUT2D eigenvalue weighted by molar-refractivity contribution is 5.78. The Morgan fingerprint density at radius 2 is 2.12 bits per heavy atom. The van der Waals surface area contributed by atoms with Crippen molar-refractivity contribution in [2.75, 3.05) is 6.54 Å². The van der Waals surface area contributed by atoms with Crippen LogP contribution in [0.5, 0.6) is 0 Å². The molecule has 4 heteroatoms. The van der Waals surface area contributed by atoms with E-state index >= 15 is 0 Å². The molecule has 0 saturated carbocycles. The Morgan fingerprint density at radius 3 is 2.69 bits per heavy atom. The molecule has 0 aliphatic carbocycles. The summed E-state index contributed by atoms with van der Waals surface area (Å²) in [6, 6.07) is 3.51. The zero-order valence-corrected chi connectivity index (χ0v) is 9.64. The lowest BCUT2D eigenvalue weighted by atomic mass is 10.1. The van der Waals surface area contributed by atoms with Gasteiger partial charge < -0.3 is 9.47 Å². The number of carbonyl (C=O) groups is 1. The molecule has 4 nitrogen and oxygen atoms in total. The second-order valence-electron chi connectivity index (χ2n) is 4.28. The molecule has 2 heterocycles. The van der Waals surface area contributed by atoms with Crippen LogP contribution in [-0.2, 0) is 11.8 Å². The van der Waals surface area contributed by atoms with Gasteiger partial charge in [0.05, 0.1) is 6.04 Å². The van der Waals surface area contributed by atoms with Crippen molar-refractivity contribution < 1.29 is 4.79 Å². The van der Waals surface area contributed by atoms with Gasteiger partial charge in [0.2, 0.25) is 5.91 Å². The third-order valence-electron chi connectivity index (χ3n) is 3.19. The summed E-state index contributed by atoms with van der Waals surface area (Å²) in [4.78, 5) is 24.9. The van der Waals surface area contributed by atoms with Gasteiger partial charge in [-0.05, 0) is 25.0 Å². The van der Waals surface area contributed by atoms with Gasteiger partial charge in [-0.2, -0.15) is 0 Å². The Bertz CT molecular complexity index is 464. The number of carbonyl (C=O) groups excluding carboxylic acids is 1. The maximum atomic E-state index is 11.6. The van der Waals surface area contributed by atoms with Crippen LogP contribution >= 0.6 is 0 Å². The van der Waals surface area contributed by atoms with E-state index in [0.29, 0.717) is 6.42 Å². The minimum Gasteiger partial charge on any atom is -0.336 e. The van der Waals surface area contributed by atoms with Crippen LogP contribution in [0.1, 0.15) is 31.4 Å². The lowest BCUT2D eigenvalue weighted by molar-refractivity contribution is -0.129. The van der Waals surface area contributed by atoms with E-state index in [2.05, 4.69) is 0 Å². The fourth-order valence-electron chi connectivity index (χ4n) is 2.08. The molecule has 1 aromatic heterocycles. The molecular weight excluding hydrogens is 204 g/mol. The van der Waals surface area contributed by atoms with Gasteiger partial charge in [-0.3, -0.25) is 9.59 Å². The second kappa shape index (κ2) is 4.12. The molecule has 1 aliphatic heterocycles. The fraction of sp³-hybridized carbons (Fsp3) is 0.500. The normalized spacial score (nSPS) is 17.9. The predicted octanol–water partition coefficient (Wildman–Crippen LogP) is 1.07. The second-order valence-corrected chi connectivity index (χ2v) is 4.28. The first kappa shape index (κ1) is 10.9. The molecule has 86 valence electrons. The standard InChI is InChI=1S/C12H16N2O2/c1-9(14-6-3-4-11(14)15)10-5-7-13(2)12(16)8-10/h5,7-9H,3-4,6H2,1-2H3. The van der Waals surface area contributed by atoms with Gasteiger partial charge in [0, 0.05) is 32.3 Å². The Morgan fingerprint density at radius 1 is 1.38 bits per heavy atom. The number of amides is 1. The number of hydrogen-bond acceptors (Lipinski definition) is 2. The highest BCUT2D eigenvalue weighted by Gasteiger charge is 2.25. The van der Waals surface area contributed by atoms with Gasteiger partial charge in [-0.25, -0.2) is 0 Å². The van der Waals surface area contributed by atoms with Crippen LogP contribution in [-0.4, -0.2) is 21.9 Å². The smallest absolute Gasteiger partial charge is 0.250 e. The summed E-state index contributed by atoms with van der Waals surface area (Å²) < 4.78 is 1.53. The first-order valence-electron chi connectivity index (χ1n) is 5.55. The fourth-order valence-corrected chi connectivity index (χ4v) is 2.08. The van der Waals surface area contributed by atoms with Crippen LogP contribution in [0.3, 0.4) is 0 Å². The van der Waals surface area contributed by atoms with Crippen LogP contribution in [0.2, 0.25) is 0 Å². The van der Waals surface area contributed by atoms with Crippen molar-refractivity contribution in [1.29, 1.82) is 0 Å². The summed E-state index contributed by atoms with van der Waals surface area (Å²) in [6.45, 7) is 2.77. The monoisotopic (exact) mass is 220 g/mol. The van der Waals surface area contributed by atoms with Crippen molar-refractivity contribution in [3.8, 4) is 0 Å².